The molecule has 178 valence electrons. The fourth-order valence-electron chi connectivity index (χ4n) is 5.47. The third kappa shape index (κ3) is 3.44. The predicted octanol–water partition coefficient (Wildman–Crippen LogP) is 3.39. The number of nitrogens with one attached hydrogen (secondary N) is 1. The van der Waals surface area contributed by atoms with Gasteiger partial charge in [0.15, 0.2) is 0 Å². The maximum absolute atomic E-state index is 13.5. The van der Waals surface area contributed by atoms with Crippen LogP contribution in [0, 0.1) is 5.82 Å². The molecule has 1 fully saturated rings. The van der Waals surface area contributed by atoms with Crippen LogP contribution in [-0.2, 0) is 10.2 Å². The molecule has 3 heterocycles. The number of carbonyl (C=O) groups is 2. The summed E-state index contributed by atoms with van der Waals surface area (Å²) in [6, 6.07) is 10.6. The number of likely N-dealkylation sites (tertiary alicyclic amines) is 1. The molecule has 2 aromatic carbocycles. The highest BCUT2D eigenvalue weighted by Gasteiger charge is 2.54. The number of H-pyrrole nitrogens is 1. The number of aromatic nitrogens is 1. The van der Waals surface area contributed by atoms with E-state index in [0.29, 0.717) is 37.4 Å². The fourth-order valence-corrected chi connectivity index (χ4v) is 5.47. The highest BCUT2D eigenvalue weighted by atomic mass is 19.1. The van der Waals surface area contributed by atoms with Crippen molar-refractivity contribution in [3.05, 3.63) is 65.1 Å². The quantitative estimate of drug-likeness (QED) is 0.605. The molecule has 34 heavy (non-hydrogen) atoms. The first-order valence-electron chi connectivity index (χ1n) is 11.6. The van der Waals surface area contributed by atoms with Gasteiger partial charge >= 0.3 is 0 Å². The Labute approximate surface area is 197 Å². The van der Waals surface area contributed by atoms with Crippen LogP contribution in [0.3, 0.4) is 0 Å². The van der Waals surface area contributed by atoms with Gasteiger partial charge in [-0.2, -0.15) is 0 Å². The number of benzene rings is 2. The minimum absolute atomic E-state index is 0.108. The molecule has 0 radical (unpaired) electrons. The smallest absolute Gasteiger partial charge is 0.254 e. The van der Waals surface area contributed by atoms with Crippen molar-refractivity contribution in [2.24, 2.45) is 0 Å². The summed E-state index contributed by atoms with van der Waals surface area (Å²) in [6.07, 6.45) is 1.27. The summed E-state index contributed by atoms with van der Waals surface area (Å²) >= 11 is 0. The normalized spacial score (nSPS) is 18.6. The Morgan fingerprint density at radius 1 is 1.18 bits per heavy atom. The second kappa shape index (κ2) is 8.43. The SMILES string of the molecule is CCCC(=O)N1CC2(C1)CN(C(=O)c1ccc(F)cc1)[C@H](CO)c1[nH]c3cc(OC)ccc3c12. The molecule has 1 saturated heterocycles. The average Bonchev–Trinajstić information content (AvgIpc) is 3.20. The van der Waals surface area contributed by atoms with Crippen LogP contribution in [0.25, 0.3) is 10.9 Å². The molecule has 1 atom stereocenters. The standard InChI is InChI=1S/C26H28FN3O4/c1-3-4-22(32)29-13-26(14-29)15-30(25(33)16-5-7-17(27)8-6-16)21(12-31)24-23(26)19-10-9-18(34-2)11-20(19)28-24/h5-11,21,28,31H,3-4,12-15H2,1-2H3/t21-/m1/s1. The third-order valence-corrected chi connectivity index (χ3v) is 7.08. The number of aliphatic hydroxyl groups is 1. The summed E-state index contributed by atoms with van der Waals surface area (Å²) in [5.41, 5.74) is 2.58. The summed E-state index contributed by atoms with van der Waals surface area (Å²) in [5, 5.41) is 11.4. The topological polar surface area (TPSA) is 85.9 Å². The first kappa shape index (κ1) is 22.4. The second-order valence-electron chi connectivity index (χ2n) is 9.24. The Balaban J connectivity index is 1.61. The second-order valence-corrected chi connectivity index (χ2v) is 9.24. The van der Waals surface area contributed by atoms with E-state index in [1.54, 1.807) is 12.0 Å². The highest BCUT2D eigenvalue weighted by molar-refractivity contribution is 5.96. The van der Waals surface area contributed by atoms with Gasteiger partial charge in [0, 0.05) is 54.3 Å². The van der Waals surface area contributed by atoms with E-state index in [4.69, 9.17) is 4.74 Å². The van der Waals surface area contributed by atoms with Crippen molar-refractivity contribution in [3.63, 3.8) is 0 Å². The number of aliphatic hydroxyl groups excluding tert-OH is 1. The lowest BCUT2D eigenvalue weighted by Gasteiger charge is -2.56. The third-order valence-electron chi connectivity index (χ3n) is 7.08. The zero-order valence-corrected chi connectivity index (χ0v) is 19.3. The molecule has 2 N–H and O–H groups in total. The number of hydrogen-bond acceptors (Lipinski definition) is 4. The van der Waals surface area contributed by atoms with Gasteiger partial charge in [-0.1, -0.05) is 6.92 Å². The molecule has 1 aromatic heterocycles. The molecule has 5 rings (SSSR count). The van der Waals surface area contributed by atoms with E-state index in [0.717, 1.165) is 28.6 Å². The molecule has 7 nitrogen and oxygen atoms in total. The molecule has 1 spiro atoms. The Hall–Kier alpha value is -3.39. The Morgan fingerprint density at radius 2 is 1.91 bits per heavy atom. The molecule has 0 unspecified atom stereocenters. The maximum atomic E-state index is 13.5. The van der Waals surface area contributed by atoms with Crippen LogP contribution in [-0.4, -0.2) is 65.1 Å². The van der Waals surface area contributed by atoms with Crippen molar-refractivity contribution in [1.82, 2.24) is 14.8 Å². The number of fused-ring (bicyclic) bond motifs is 4. The van der Waals surface area contributed by atoms with Crippen LogP contribution >= 0.6 is 0 Å². The minimum atomic E-state index is -0.586. The van der Waals surface area contributed by atoms with Gasteiger partial charge in [-0.15, -0.1) is 0 Å². The van der Waals surface area contributed by atoms with Gasteiger partial charge in [-0.25, -0.2) is 4.39 Å². The van der Waals surface area contributed by atoms with Gasteiger partial charge in [-0.3, -0.25) is 9.59 Å². The lowest BCUT2D eigenvalue weighted by atomic mass is 9.68. The highest BCUT2D eigenvalue weighted by Crippen LogP contribution is 2.49. The van der Waals surface area contributed by atoms with Crippen LogP contribution in [0.1, 0.15) is 47.4 Å². The van der Waals surface area contributed by atoms with Gasteiger partial charge in [0.25, 0.3) is 5.91 Å². The molecule has 0 bridgehead atoms. The summed E-state index contributed by atoms with van der Waals surface area (Å²) in [7, 11) is 1.61. The molecular weight excluding hydrogens is 437 g/mol. The van der Waals surface area contributed by atoms with Crippen molar-refractivity contribution in [1.29, 1.82) is 0 Å². The molecule has 2 amide bonds. The van der Waals surface area contributed by atoms with Crippen molar-refractivity contribution >= 4 is 22.7 Å². The number of methoxy groups -OCH3 is 1. The van der Waals surface area contributed by atoms with Crippen LogP contribution in [0.2, 0.25) is 0 Å². The van der Waals surface area contributed by atoms with Crippen molar-refractivity contribution in [2.75, 3.05) is 33.4 Å². The Kier molecular flexibility index (Phi) is 5.56. The van der Waals surface area contributed by atoms with E-state index in [2.05, 4.69) is 4.98 Å². The summed E-state index contributed by atoms with van der Waals surface area (Å²) in [5.74, 6) is 0.116. The Bertz CT molecular complexity index is 1250. The lowest BCUT2D eigenvalue weighted by Crippen LogP contribution is -2.68. The van der Waals surface area contributed by atoms with E-state index < -0.39 is 17.3 Å². The molecule has 8 heteroatoms. The van der Waals surface area contributed by atoms with Gasteiger partial charge in [0.05, 0.1) is 25.2 Å². The van der Waals surface area contributed by atoms with Crippen LogP contribution < -0.4 is 4.74 Å². The van der Waals surface area contributed by atoms with Crippen LogP contribution in [0.4, 0.5) is 4.39 Å². The van der Waals surface area contributed by atoms with Crippen molar-refractivity contribution < 1.29 is 23.8 Å². The molecule has 3 aromatic rings. The lowest BCUT2D eigenvalue weighted by molar-refractivity contribution is -0.140. The number of nitrogens with zero attached hydrogens (tertiary/aromatic N) is 2. The van der Waals surface area contributed by atoms with E-state index >= 15 is 0 Å². The zero-order valence-electron chi connectivity index (χ0n) is 19.3. The van der Waals surface area contributed by atoms with Gasteiger partial charge in [0.1, 0.15) is 11.6 Å². The molecule has 2 aliphatic rings. The van der Waals surface area contributed by atoms with Gasteiger partial charge in [0.2, 0.25) is 5.91 Å². The zero-order chi connectivity index (χ0) is 24.0. The number of halogens is 1. The van der Waals surface area contributed by atoms with Crippen molar-refractivity contribution in [3.8, 4) is 5.75 Å². The molecule has 0 aliphatic carbocycles. The van der Waals surface area contributed by atoms with Crippen LogP contribution in [0.15, 0.2) is 42.5 Å². The molecule has 2 aliphatic heterocycles. The van der Waals surface area contributed by atoms with E-state index in [1.165, 1.54) is 24.3 Å². The van der Waals surface area contributed by atoms with E-state index in [1.807, 2.05) is 30.0 Å². The first-order valence-corrected chi connectivity index (χ1v) is 11.6. The first-order chi connectivity index (χ1) is 16.4. The number of hydrogen-bond donors (Lipinski definition) is 2. The monoisotopic (exact) mass is 465 g/mol. The Morgan fingerprint density at radius 3 is 2.56 bits per heavy atom. The van der Waals surface area contributed by atoms with Gasteiger partial charge in [-0.05, 0) is 48.4 Å². The fraction of sp³-hybridized carbons (Fsp3) is 0.385. The number of ether oxygens (including phenoxy) is 1. The maximum Gasteiger partial charge on any atom is 0.254 e. The number of amides is 2. The van der Waals surface area contributed by atoms with Gasteiger partial charge < -0.3 is 24.6 Å². The minimum Gasteiger partial charge on any atom is -0.497 e. The number of carbonyl (C=O) groups excluding carboxylic acids is 2. The summed E-state index contributed by atoms with van der Waals surface area (Å²) in [6.45, 7) is 3.08. The van der Waals surface area contributed by atoms with E-state index in [9.17, 15) is 19.1 Å². The summed E-state index contributed by atoms with van der Waals surface area (Å²) < 4.78 is 18.8. The largest absolute Gasteiger partial charge is 0.497 e. The molecule has 0 saturated carbocycles. The van der Waals surface area contributed by atoms with E-state index in [-0.39, 0.29) is 18.4 Å². The van der Waals surface area contributed by atoms with Crippen molar-refractivity contribution in [2.45, 2.75) is 31.2 Å². The van der Waals surface area contributed by atoms with Crippen LogP contribution in [0.5, 0.6) is 5.75 Å². The average molecular weight is 466 g/mol. The number of aromatic amines is 1. The predicted molar refractivity (Wildman–Crippen MR) is 125 cm³/mol. The number of rotatable bonds is 5. The molecular formula is C26H28FN3O4. The summed E-state index contributed by atoms with van der Waals surface area (Å²) in [4.78, 5) is 33.0.